The number of rotatable bonds is 10. The van der Waals surface area contributed by atoms with E-state index in [2.05, 4.69) is 23.8 Å². The predicted molar refractivity (Wildman–Crippen MR) is 140 cm³/mol. The van der Waals surface area contributed by atoms with Gasteiger partial charge in [0.2, 0.25) is 5.91 Å². The molecular weight excluding hydrogens is 497 g/mol. The van der Waals surface area contributed by atoms with Gasteiger partial charge in [0.15, 0.2) is 17.3 Å². The van der Waals surface area contributed by atoms with Crippen LogP contribution in [0.25, 0.3) is 21.9 Å². The molecule has 6 N–H and O–H groups in total. The lowest BCUT2D eigenvalue weighted by Crippen LogP contribution is -2.19. The molecule has 2 aromatic carbocycles. The normalized spacial score (nSPS) is 11.6. The number of hydrogen-bond acceptors (Lipinski definition) is 7. The van der Waals surface area contributed by atoms with Crippen LogP contribution in [-0.2, 0) is 28.9 Å². The van der Waals surface area contributed by atoms with Gasteiger partial charge in [0.05, 0.1) is 17.6 Å². The Hall–Kier alpha value is -3.92. The number of anilines is 1. The first-order valence-corrected chi connectivity index (χ1v) is 13.2. The van der Waals surface area contributed by atoms with Crippen LogP contribution in [0.5, 0.6) is 11.5 Å². The van der Waals surface area contributed by atoms with E-state index in [-0.39, 0.29) is 30.6 Å². The molecular formula is C25H28N5O6P. The van der Waals surface area contributed by atoms with Gasteiger partial charge in [-0.15, -0.1) is 0 Å². The summed E-state index contributed by atoms with van der Waals surface area (Å²) in [5, 5.41) is 13.8. The summed E-state index contributed by atoms with van der Waals surface area (Å²) < 4.78 is 18.3. The van der Waals surface area contributed by atoms with Gasteiger partial charge in [0.25, 0.3) is 0 Å². The Morgan fingerprint density at radius 2 is 2.05 bits per heavy atom. The van der Waals surface area contributed by atoms with Gasteiger partial charge in [-0.25, -0.2) is 14.5 Å². The van der Waals surface area contributed by atoms with E-state index in [0.717, 1.165) is 23.8 Å². The summed E-state index contributed by atoms with van der Waals surface area (Å²) in [6.45, 7) is 5.89. The van der Waals surface area contributed by atoms with Gasteiger partial charge in [-0.2, -0.15) is 0 Å². The molecule has 11 nitrogen and oxygen atoms in total. The summed E-state index contributed by atoms with van der Waals surface area (Å²) in [6.07, 6.45) is 3.58. The molecule has 0 fully saturated rings. The molecule has 12 heteroatoms. The van der Waals surface area contributed by atoms with Crippen LogP contribution in [0.4, 0.5) is 5.82 Å². The smallest absolute Gasteiger partial charge is 0.504 e. The first-order valence-electron chi connectivity index (χ1n) is 11.6. The van der Waals surface area contributed by atoms with Gasteiger partial charge in [-0.1, -0.05) is 38.1 Å². The number of phenols is 1. The quantitative estimate of drug-likeness (QED) is 0.153. The minimum Gasteiger partial charge on any atom is -0.504 e. The molecule has 0 radical (unpaired) electrons. The molecule has 0 bridgehead atoms. The van der Waals surface area contributed by atoms with Crippen molar-refractivity contribution < 1.29 is 28.8 Å². The van der Waals surface area contributed by atoms with Gasteiger partial charge in [0, 0.05) is 23.9 Å². The third-order valence-electron chi connectivity index (χ3n) is 5.87. The fourth-order valence-electron chi connectivity index (χ4n) is 4.16. The summed E-state index contributed by atoms with van der Waals surface area (Å²) in [6, 6.07) is 10.0. The number of aromatic nitrogens is 3. The highest BCUT2D eigenvalue weighted by Crippen LogP contribution is 2.44. The SMILES string of the molecule is C=CC(=O)NCc1ccc2nc(N)c3nc(CCCC)n(Cc4cccc(O)c4OP(=O)(O)O)c3c2c1. The standard InChI is InChI=1S/C25H28N5O6P/c1-3-5-9-20-29-22-23(30(20)14-16-7-6-8-19(31)24(16)36-37(33,34)35)17-12-15(13-27-21(32)4-2)10-11-18(17)28-25(22)26/h4,6-8,10-12,31H,2-3,5,9,13-14H2,1H3,(H2,26,28)(H,27,32)(H2,33,34,35). The van der Waals surface area contributed by atoms with Crippen LogP contribution in [0.3, 0.4) is 0 Å². The lowest BCUT2D eigenvalue weighted by Gasteiger charge is -2.16. The van der Waals surface area contributed by atoms with Crippen LogP contribution in [0.2, 0.25) is 0 Å². The molecule has 4 aromatic rings. The van der Waals surface area contributed by atoms with Crippen molar-refractivity contribution in [1.29, 1.82) is 0 Å². The number of phenolic OH excluding ortho intramolecular Hbond substituents is 1. The Morgan fingerprint density at radius 3 is 2.76 bits per heavy atom. The first kappa shape index (κ1) is 26.2. The molecule has 0 saturated heterocycles. The molecule has 0 saturated carbocycles. The van der Waals surface area contributed by atoms with Crippen LogP contribution in [0, 0.1) is 0 Å². The number of benzene rings is 2. The number of carbonyl (C=O) groups excluding carboxylic acids is 1. The van der Waals surface area contributed by atoms with Crippen LogP contribution in [-0.4, -0.2) is 35.3 Å². The molecule has 194 valence electrons. The lowest BCUT2D eigenvalue weighted by molar-refractivity contribution is -0.116. The third-order valence-corrected chi connectivity index (χ3v) is 6.29. The highest BCUT2D eigenvalue weighted by Gasteiger charge is 2.24. The van der Waals surface area contributed by atoms with Crippen LogP contribution < -0.4 is 15.6 Å². The fraction of sp³-hybridized carbons (Fsp3) is 0.240. The van der Waals surface area contributed by atoms with Crippen molar-refractivity contribution in [1.82, 2.24) is 19.9 Å². The molecule has 0 aliphatic rings. The maximum absolute atomic E-state index is 11.7. The molecule has 4 rings (SSSR count). The first-order chi connectivity index (χ1) is 17.6. The Morgan fingerprint density at radius 1 is 1.27 bits per heavy atom. The molecule has 37 heavy (non-hydrogen) atoms. The zero-order chi connectivity index (χ0) is 26.7. The highest BCUT2D eigenvalue weighted by molar-refractivity contribution is 7.46. The number of aryl methyl sites for hydroxylation is 1. The van der Waals surface area contributed by atoms with Crippen molar-refractivity contribution in [2.45, 2.75) is 39.3 Å². The summed E-state index contributed by atoms with van der Waals surface area (Å²) >= 11 is 0. The molecule has 0 atom stereocenters. The summed E-state index contributed by atoms with van der Waals surface area (Å²) in [5.74, 6) is -0.0537. The molecule has 0 unspecified atom stereocenters. The summed E-state index contributed by atoms with van der Waals surface area (Å²) in [5.41, 5.74) is 9.25. The molecule has 2 aromatic heterocycles. The summed E-state index contributed by atoms with van der Waals surface area (Å²) in [4.78, 5) is 39.8. The Balaban J connectivity index is 1.93. The molecule has 2 heterocycles. The van der Waals surface area contributed by atoms with Crippen molar-refractivity contribution >= 4 is 41.5 Å². The second-order valence-electron chi connectivity index (χ2n) is 8.53. The van der Waals surface area contributed by atoms with Gasteiger partial charge >= 0.3 is 7.82 Å². The number of para-hydroxylation sites is 1. The number of phosphoric ester groups is 1. The van der Waals surface area contributed by atoms with E-state index in [4.69, 9.17) is 15.2 Å². The monoisotopic (exact) mass is 525 g/mol. The van der Waals surface area contributed by atoms with E-state index in [1.54, 1.807) is 18.2 Å². The number of unbranched alkanes of at least 4 members (excludes halogenated alkanes) is 1. The zero-order valence-corrected chi connectivity index (χ0v) is 21.1. The van der Waals surface area contributed by atoms with Crippen molar-refractivity contribution in [3.63, 3.8) is 0 Å². The van der Waals surface area contributed by atoms with Crippen molar-refractivity contribution in [2.24, 2.45) is 0 Å². The van der Waals surface area contributed by atoms with E-state index in [9.17, 15) is 24.3 Å². The lowest BCUT2D eigenvalue weighted by atomic mass is 10.1. The number of hydrogen-bond donors (Lipinski definition) is 5. The number of nitrogens with zero attached hydrogens (tertiary/aromatic N) is 3. The fourth-order valence-corrected chi connectivity index (χ4v) is 4.61. The van der Waals surface area contributed by atoms with Gasteiger partial charge in [-0.05, 0) is 36.3 Å². The Bertz CT molecular complexity index is 1540. The molecule has 0 aliphatic carbocycles. The Kier molecular flexibility index (Phi) is 7.49. The second kappa shape index (κ2) is 10.6. The number of fused-ring (bicyclic) bond motifs is 3. The maximum Gasteiger partial charge on any atom is 0.524 e. The van der Waals surface area contributed by atoms with Crippen molar-refractivity contribution in [2.75, 3.05) is 5.73 Å². The number of pyridine rings is 1. The second-order valence-corrected chi connectivity index (χ2v) is 9.70. The van der Waals surface area contributed by atoms with Crippen LogP contribution in [0.15, 0.2) is 49.1 Å². The van der Waals surface area contributed by atoms with E-state index in [0.29, 0.717) is 34.4 Å². The van der Waals surface area contributed by atoms with E-state index in [1.165, 1.54) is 12.1 Å². The number of nitrogens with one attached hydrogen (secondary N) is 1. The van der Waals surface area contributed by atoms with Gasteiger partial charge in [0.1, 0.15) is 11.3 Å². The number of imidazole rings is 1. The van der Waals surface area contributed by atoms with Gasteiger partial charge < -0.3 is 25.2 Å². The molecule has 1 amide bonds. The van der Waals surface area contributed by atoms with Gasteiger partial charge in [-0.3, -0.25) is 14.6 Å². The molecule has 0 aliphatic heterocycles. The average molecular weight is 526 g/mol. The largest absolute Gasteiger partial charge is 0.524 e. The minimum atomic E-state index is -4.94. The van der Waals surface area contributed by atoms with E-state index >= 15 is 0 Å². The zero-order valence-electron chi connectivity index (χ0n) is 20.2. The number of nitrogen functional groups attached to an aromatic ring is 1. The van der Waals surface area contributed by atoms with Crippen LogP contribution in [0.1, 0.15) is 36.7 Å². The molecule has 0 spiro atoms. The van der Waals surface area contributed by atoms with E-state index < -0.39 is 13.6 Å². The topological polar surface area (TPSA) is 173 Å². The summed E-state index contributed by atoms with van der Waals surface area (Å²) in [7, 11) is -4.94. The van der Waals surface area contributed by atoms with Crippen molar-refractivity contribution in [3.8, 4) is 11.5 Å². The highest BCUT2D eigenvalue weighted by atomic mass is 31.2. The predicted octanol–water partition coefficient (Wildman–Crippen LogP) is 3.54. The van der Waals surface area contributed by atoms with Crippen molar-refractivity contribution in [3.05, 3.63) is 66.0 Å². The third kappa shape index (κ3) is 5.75. The number of phosphoric acid groups is 1. The Labute approximate surface area is 212 Å². The van der Waals surface area contributed by atoms with E-state index in [1.807, 2.05) is 16.7 Å². The number of aromatic hydroxyl groups is 1. The number of nitrogens with two attached hydrogens (primary N) is 1. The number of carbonyl (C=O) groups is 1. The number of amides is 1. The maximum atomic E-state index is 11.7. The minimum absolute atomic E-state index is 0.0925. The average Bonchev–Trinajstić information content (AvgIpc) is 3.21. The van der Waals surface area contributed by atoms with Crippen LogP contribution >= 0.6 is 7.82 Å².